The van der Waals surface area contributed by atoms with Gasteiger partial charge in [0.2, 0.25) is 5.91 Å². The molecule has 1 aliphatic heterocycles. The predicted molar refractivity (Wildman–Crippen MR) is 81.7 cm³/mol. The number of nitrogens with one attached hydrogen (secondary N) is 1. The molecule has 1 N–H and O–H groups in total. The van der Waals surface area contributed by atoms with Crippen molar-refractivity contribution in [1.29, 1.82) is 0 Å². The third-order valence-corrected chi connectivity index (χ3v) is 4.03. The second-order valence-electron chi connectivity index (χ2n) is 5.92. The number of hydrogen-bond acceptors (Lipinski definition) is 4. The van der Waals surface area contributed by atoms with Crippen LogP contribution in [-0.2, 0) is 4.79 Å². The molecular weight excluding hydrogens is 327 g/mol. The van der Waals surface area contributed by atoms with Crippen LogP contribution >= 0.6 is 0 Å². The largest absolute Gasteiger partial charge is 0.393 e. The van der Waals surface area contributed by atoms with Crippen LogP contribution in [0.5, 0.6) is 0 Å². The Balaban J connectivity index is 1.96. The third-order valence-electron chi connectivity index (χ3n) is 4.03. The molecule has 1 unspecified atom stereocenters. The number of benzene rings is 1. The Morgan fingerprint density at radius 1 is 1.46 bits per heavy atom. The van der Waals surface area contributed by atoms with Gasteiger partial charge in [0.05, 0.1) is 17.4 Å². The number of anilines is 1. The molecule has 0 aromatic heterocycles. The molecule has 1 fully saturated rings. The predicted octanol–water partition coefficient (Wildman–Crippen LogP) is 3.12. The van der Waals surface area contributed by atoms with Gasteiger partial charge in [0.1, 0.15) is 0 Å². The van der Waals surface area contributed by atoms with Crippen LogP contribution < -0.4 is 5.32 Å². The highest BCUT2D eigenvalue weighted by molar-refractivity contribution is 5.92. The summed E-state index contributed by atoms with van der Waals surface area (Å²) < 4.78 is 38.3. The number of halogens is 3. The molecule has 6 nitrogen and oxygen atoms in total. The lowest BCUT2D eigenvalue weighted by atomic mass is 9.97. The molecule has 9 heteroatoms. The van der Waals surface area contributed by atoms with E-state index in [-0.39, 0.29) is 30.9 Å². The van der Waals surface area contributed by atoms with Gasteiger partial charge in [-0.1, -0.05) is 6.07 Å². The van der Waals surface area contributed by atoms with Crippen molar-refractivity contribution < 1.29 is 22.9 Å². The van der Waals surface area contributed by atoms with E-state index in [1.807, 2.05) is 0 Å². The average molecular weight is 345 g/mol. The summed E-state index contributed by atoms with van der Waals surface area (Å²) in [5, 5.41) is 13.4. The highest BCUT2D eigenvalue weighted by Crippen LogP contribution is 2.33. The number of amides is 1. The number of rotatable bonds is 4. The van der Waals surface area contributed by atoms with Gasteiger partial charge >= 0.3 is 6.18 Å². The average Bonchev–Trinajstić information content (AvgIpc) is 2.48. The summed E-state index contributed by atoms with van der Waals surface area (Å²) in [6.07, 6.45) is -3.80. The number of aryl methyl sites for hydroxylation is 1. The second-order valence-corrected chi connectivity index (χ2v) is 5.92. The maximum absolute atomic E-state index is 12.8. The van der Waals surface area contributed by atoms with Crippen molar-refractivity contribution in [3.63, 3.8) is 0 Å². The van der Waals surface area contributed by atoms with Gasteiger partial charge in [0.15, 0.2) is 0 Å². The van der Waals surface area contributed by atoms with E-state index >= 15 is 0 Å². The molecule has 1 heterocycles. The number of hydrogen-bond donors (Lipinski definition) is 1. The van der Waals surface area contributed by atoms with Crippen molar-refractivity contribution in [2.45, 2.75) is 25.9 Å². The molecule has 0 radical (unpaired) electrons. The lowest BCUT2D eigenvalue weighted by Crippen LogP contribution is -2.44. The molecule has 1 atom stereocenters. The molecule has 1 saturated heterocycles. The number of nitro groups is 1. The maximum atomic E-state index is 12.8. The highest BCUT2D eigenvalue weighted by Gasteiger charge is 2.41. The van der Waals surface area contributed by atoms with Crippen molar-refractivity contribution in [2.24, 2.45) is 5.92 Å². The minimum atomic E-state index is -4.26. The summed E-state index contributed by atoms with van der Waals surface area (Å²) in [6, 6.07) is 4.27. The first-order valence-electron chi connectivity index (χ1n) is 7.51. The van der Waals surface area contributed by atoms with Gasteiger partial charge in [-0.3, -0.25) is 19.8 Å². The molecule has 0 saturated carbocycles. The zero-order chi connectivity index (χ0) is 17.9. The van der Waals surface area contributed by atoms with Gasteiger partial charge in [-0.15, -0.1) is 0 Å². The van der Waals surface area contributed by atoms with Crippen LogP contribution in [0.2, 0.25) is 0 Å². The van der Waals surface area contributed by atoms with E-state index in [1.54, 1.807) is 6.92 Å². The Labute approximate surface area is 136 Å². The summed E-state index contributed by atoms with van der Waals surface area (Å²) in [4.78, 5) is 23.8. The topological polar surface area (TPSA) is 75.5 Å². The van der Waals surface area contributed by atoms with Crippen molar-refractivity contribution in [3.05, 3.63) is 33.9 Å². The van der Waals surface area contributed by atoms with E-state index in [0.29, 0.717) is 18.5 Å². The fourth-order valence-electron chi connectivity index (χ4n) is 2.75. The number of nitrogens with zero attached hydrogens (tertiary/aromatic N) is 2. The Morgan fingerprint density at radius 2 is 2.17 bits per heavy atom. The third kappa shape index (κ3) is 4.67. The number of carbonyl (C=O) groups excluding carboxylic acids is 1. The molecule has 1 aromatic rings. The summed E-state index contributed by atoms with van der Waals surface area (Å²) in [6.45, 7) is 1.63. The van der Waals surface area contributed by atoms with Gasteiger partial charge in [-0.25, -0.2) is 0 Å². The fraction of sp³-hybridized carbons (Fsp3) is 0.533. The maximum Gasteiger partial charge on any atom is 0.393 e. The SMILES string of the molecule is Cc1ccc(NC(=O)CN2CCCC(C(F)(F)F)C2)cc1[N+](=O)[O-]. The van der Waals surface area contributed by atoms with Crippen molar-refractivity contribution in [1.82, 2.24) is 4.90 Å². The van der Waals surface area contributed by atoms with Gasteiger partial charge in [-0.2, -0.15) is 13.2 Å². The van der Waals surface area contributed by atoms with E-state index < -0.39 is 22.9 Å². The van der Waals surface area contributed by atoms with Crippen LogP contribution in [0, 0.1) is 23.0 Å². The number of likely N-dealkylation sites (tertiary alicyclic amines) is 1. The Morgan fingerprint density at radius 3 is 2.79 bits per heavy atom. The van der Waals surface area contributed by atoms with Crippen LogP contribution in [0.1, 0.15) is 18.4 Å². The van der Waals surface area contributed by atoms with Gasteiger partial charge in [0.25, 0.3) is 5.69 Å². The minimum Gasteiger partial charge on any atom is -0.325 e. The molecule has 132 valence electrons. The Kier molecular flexibility index (Phi) is 5.43. The van der Waals surface area contributed by atoms with Crippen LogP contribution in [0.4, 0.5) is 24.5 Å². The van der Waals surface area contributed by atoms with Crippen LogP contribution in [-0.4, -0.2) is 41.5 Å². The summed E-state index contributed by atoms with van der Waals surface area (Å²) in [7, 11) is 0. The zero-order valence-corrected chi connectivity index (χ0v) is 13.1. The first kappa shape index (κ1) is 18.2. The van der Waals surface area contributed by atoms with E-state index in [2.05, 4.69) is 5.32 Å². The molecule has 1 aliphatic rings. The standard InChI is InChI=1S/C15H18F3N3O3/c1-10-4-5-12(7-13(10)21(23)24)19-14(22)9-20-6-2-3-11(8-20)15(16,17)18/h4-5,7,11H,2-3,6,8-9H2,1H3,(H,19,22). The number of piperidine rings is 1. The smallest absolute Gasteiger partial charge is 0.325 e. The normalized spacial score (nSPS) is 19.1. The molecule has 2 rings (SSSR count). The van der Waals surface area contributed by atoms with Crippen molar-refractivity contribution in [2.75, 3.05) is 25.0 Å². The molecule has 0 spiro atoms. The first-order chi connectivity index (χ1) is 11.2. The van der Waals surface area contributed by atoms with E-state index in [0.717, 1.165) is 0 Å². The van der Waals surface area contributed by atoms with Gasteiger partial charge < -0.3 is 5.32 Å². The number of alkyl halides is 3. The van der Waals surface area contributed by atoms with Crippen molar-refractivity contribution >= 4 is 17.3 Å². The Bertz CT molecular complexity index is 634. The van der Waals surface area contributed by atoms with E-state index in [9.17, 15) is 28.1 Å². The van der Waals surface area contributed by atoms with Gasteiger partial charge in [0, 0.05) is 23.9 Å². The lowest BCUT2D eigenvalue weighted by Gasteiger charge is -2.33. The van der Waals surface area contributed by atoms with Crippen LogP contribution in [0.15, 0.2) is 18.2 Å². The van der Waals surface area contributed by atoms with Crippen LogP contribution in [0.25, 0.3) is 0 Å². The Hall–Kier alpha value is -2.16. The summed E-state index contributed by atoms with van der Waals surface area (Å²) >= 11 is 0. The molecule has 24 heavy (non-hydrogen) atoms. The quantitative estimate of drug-likeness (QED) is 0.672. The molecule has 0 bridgehead atoms. The van der Waals surface area contributed by atoms with E-state index in [4.69, 9.17) is 0 Å². The number of carbonyl (C=O) groups is 1. The lowest BCUT2D eigenvalue weighted by molar-refractivity contribution is -0.385. The van der Waals surface area contributed by atoms with Crippen molar-refractivity contribution in [3.8, 4) is 0 Å². The first-order valence-corrected chi connectivity index (χ1v) is 7.51. The van der Waals surface area contributed by atoms with Crippen LogP contribution in [0.3, 0.4) is 0 Å². The monoisotopic (exact) mass is 345 g/mol. The summed E-state index contributed by atoms with van der Waals surface area (Å²) in [5.74, 6) is -1.91. The molecule has 1 amide bonds. The minimum absolute atomic E-state index is 0.0752. The van der Waals surface area contributed by atoms with E-state index in [1.165, 1.54) is 23.1 Å². The second kappa shape index (κ2) is 7.16. The molecular formula is C15H18F3N3O3. The fourth-order valence-corrected chi connectivity index (χ4v) is 2.75. The zero-order valence-electron chi connectivity index (χ0n) is 13.1. The highest BCUT2D eigenvalue weighted by atomic mass is 19.4. The molecule has 0 aliphatic carbocycles. The van der Waals surface area contributed by atoms with Gasteiger partial charge in [-0.05, 0) is 32.4 Å². The number of nitro benzene ring substituents is 1. The molecule has 1 aromatic carbocycles. The summed E-state index contributed by atoms with van der Waals surface area (Å²) in [5.41, 5.74) is 0.589.